The maximum atomic E-state index is 12.3. The van der Waals surface area contributed by atoms with Crippen molar-refractivity contribution in [3.05, 3.63) is 30.4 Å². The summed E-state index contributed by atoms with van der Waals surface area (Å²) < 4.78 is 7.37. The minimum Gasteiger partial charge on any atom is -0.466 e. The Hall–Kier alpha value is -1.62. The molecule has 1 aliphatic heterocycles. The molecule has 120 valence electrons. The third kappa shape index (κ3) is 2.82. The molecule has 0 aromatic carbocycles. The first-order valence-corrected chi connectivity index (χ1v) is 8.13. The number of hydrogen-bond acceptors (Lipinski definition) is 4. The molecule has 4 atom stereocenters. The SMILES string of the molecule is CCOC(=O)[C@@H]1[C@H]2CN(Cc3nccn3C)C[C@@H]2C=C[C@@H]1C. The summed E-state index contributed by atoms with van der Waals surface area (Å²) in [6.07, 6.45) is 8.29. The molecule has 22 heavy (non-hydrogen) atoms. The van der Waals surface area contributed by atoms with Crippen molar-refractivity contribution in [3.8, 4) is 0 Å². The molecule has 2 heterocycles. The van der Waals surface area contributed by atoms with E-state index in [4.69, 9.17) is 4.74 Å². The van der Waals surface area contributed by atoms with E-state index in [-0.39, 0.29) is 17.8 Å². The van der Waals surface area contributed by atoms with Crippen LogP contribution in [0.15, 0.2) is 24.5 Å². The summed E-state index contributed by atoms with van der Waals surface area (Å²) >= 11 is 0. The molecule has 1 fully saturated rings. The van der Waals surface area contributed by atoms with Gasteiger partial charge in [-0.15, -0.1) is 0 Å². The Labute approximate surface area is 132 Å². The van der Waals surface area contributed by atoms with Crippen molar-refractivity contribution in [2.24, 2.45) is 30.7 Å². The van der Waals surface area contributed by atoms with Crippen molar-refractivity contribution in [2.45, 2.75) is 20.4 Å². The number of carbonyl (C=O) groups is 1. The highest BCUT2D eigenvalue weighted by molar-refractivity contribution is 5.74. The monoisotopic (exact) mass is 303 g/mol. The van der Waals surface area contributed by atoms with Crippen LogP contribution in [0.3, 0.4) is 0 Å². The van der Waals surface area contributed by atoms with E-state index in [9.17, 15) is 4.79 Å². The third-order valence-electron chi connectivity index (χ3n) is 5.02. The predicted octanol–water partition coefficient (Wildman–Crippen LogP) is 1.85. The van der Waals surface area contributed by atoms with Crippen LogP contribution >= 0.6 is 0 Å². The molecule has 1 saturated heterocycles. The fraction of sp³-hybridized carbons (Fsp3) is 0.647. The number of imidazole rings is 1. The summed E-state index contributed by atoms with van der Waals surface area (Å²) in [6, 6.07) is 0. The van der Waals surface area contributed by atoms with Crippen molar-refractivity contribution in [2.75, 3.05) is 19.7 Å². The van der Waals surface area contributed by atoms with Crippen molar-refractivity contribution < 1.29 is 9.53 Å². The average molecular weight is 303 g/mol. The number of hydrogen-bond donors (Lipinski definition) is 0. The summed E-state index contributed by atoms with van der Waals surface area (Å²) in [5.41, 5.74) is 0. The lowest BCUT2D eigenvalue weighted by Crippen LogP contribution is -2.37. The topological polar surface area (TPSA) is 47.4 Å². The molecule has 5 nitrogen and oxygen atoms in total. The number of esters is 1. The first-order chi connectivity index (χ1) is 10.6. The molecule has 0 radical (unpaired) electrons. The summed E-state index contributed by atoms with van der Waals surface area (Å²) in [5.74, 6) is 2.09. The number of nitrogens with zero attached hydrogens (tertiary/aromatic N) is 3. The van der Waals surface area contributed by atoms with Gasteiger partial charge in [0.25, 0.3) is 0 Å². The number of fused-ring (bicyclic) bond motifs is 1. The first kappa shape index (κ1) is 15.3. The molecule has 0 saturated carbocycles. The molecule has 1 aromatic rings. The minimum atomic E-state index is -0.0341. The van der Waals surface area contributed by atoms with Gasteiger partial charge >= 0.3 is 5.97 Å². The molecule has 0 spiro atoms. The van der Waals surface area contributed by atoms with Crippen LogP contribution in [0.5, 0.6) is 0 Å². The molecule has 0 unspecified atom stereocenters. The van der Waals surface area contributed by atoms with Gasteiger partial charge < -0.3 is 9.30 Å². The number of aryl methyl sites for hydroxylation is 1. The largest absolute Gasteiger partial charge is 0.466 e. The number of allylic oxidation sites excluding steroid dienone is 1. The van der Waals surface area contributed by atoms with Crippen molar-refractivity contribution in [1.82, 2.24) is 14.5 Å². The van der Waals surface area contributed by atoms with E-state index in [1.165, 1.54) is 0 Å². The molecule has 1 aliphatic carbocycles. The standard InChI is InChI=1S/C17H25N3O2/c1-4-22-17(21)16-12(2)5-6-13-9-20(10-14(13)16)11-15-18-7-8-19(15)3/h5-8,12-14,16H,4,9-11H2,1-3H3/t12-,13-,14-,16-/m0/s1. The highest BCUT2D eigenvalue weighted by Crippen LogP contribution is 2.40. The Balaban J connectivity index is 1.72. The highest BCUT2D eigenvalue weighted by Gasteiger charge is 2.44. The van der Waals surface area contributed by atoms with Crippen LogP contribution in [0.2, 0.25) is 0 Å². The summed E-state index contributed by atoms with van der Waals surface area (Å²) in [6.45, 7) is 7.23. The number of likely N-dealkylation sites (tertiary alicyclic amines) is 1. The van der Waals surface area contributed by atoms with Gasteiger partial charge in [0.2, 0.25) is 0 Å². The number of rotatable bonds is 4. The van der Waals surface area contributed by atoms with E-state index in [1.807, 2.05) is 26.4 Å². The molecular weight excluding hydrogens is 278 g/mol. The van der Waals surface area contributed by atoms with E-state index in [1.54, 1.807) is 0 Å². The maximum Gasteiger partial charge on any atom is 0.309 e. The first-order valence-electron chi connectivity index (χ1n) is 8.13. The number of ether oxygens (including phenoxy) is 1. The van der Waals surface area contributed by atoms with Gasteiger partial charge in [0, 0.05) is 32.5 Å². The Morgan fingerprint density at radius 2 is 2.23 bits per heavy atom. The lowest BCUT2D eigenvalue weighted by Gasteiger charge is -2.32. The fourth-order valence-electron chi connectivity index (χ4n) is 3.86. The van der Waals surface area contributed by atoms with Gasteiger partial charge in [0.1, 0.15) is 5.82 Å². The molecule has 1 aromatic heterocycles. The number of aromatic nitrogens is 2. The van der Waals surface area contributed by atoms with Crippen LogP contribution in [0.4, 0.5) is 0 Å². The van der Waals surface area contributed by atoms with Crippen molar-refractivity contribution >= 4 is 5.97 Å². The van der Waals surface area contributed by atoms with E-state index >= 15 is 0 Å². The van der Waals surface area contributed by atoms with Crippen LogP contribution in [-0.2, 0) is 23.1 Å². The normalized spacial score (nSPS) is 31.2. The van der Waals surface area contributed by atoms with E-state index in [0.29, 0.717) is 18.4 Å². The predicted molar refractivity (Wildman–Crippen MR) is 83.9 cm³/mol. The second-order valence-electron chi connectivity index (χ2n) is 6.50. The molecule has 2 aliphatic rings. The third-order valence-corrected chi connectivity index (χ3v) is 5.02. The second-order valence-corrected chi connectivity index (χ2v) is 6.50. The van der Waals surface area contributed by atoms with E-state index in [2.05, 4.69) is 33.5 Å². The zero-order chi connectivity index (χ0) is 15.7. The maximum absolute atomic E-state index is 12.3. The lowest BCUT2D eigenvalue weighted by atomic mass is 9.72. The van der Waals surface area contributed by atoms with E-state index in [0.717, 1.165) is 25.5 Å². The molecule has 0 bridgehead atoms. The number of carbonyl (C=O) groups excluding carboxylic acids is 1. The summed E-state index contributed by atoms with van der Waals surface area (Å²) in [4.78, 5) is 19.2. The van der Waals surface area contributed by atoms with Crippen molar-refractivity contribution in [1.29, 1.82) is 0 Å². The van der Waals surface area contributed by atoms with Crippen LogP contribution in [-0.4, -0.2) is 40.1 Å². The summed E-state index contributed by atoms with van der Waals surface area (Å²) in [5, 5.41) is 0. The van der Waals surface area contributed by atoms with Gasteiger partial charge in [0.05, 0.1) is 19.1 Å². The van der Waals surface area contributed by atoms with Gasteiger partial charge in [-0.25, -0.2) is 4.98 Å². The highest BCUT2D eigenvalue weighted by atomic mass is 16.5. The van der Waals surface area contributed by atoms with Gasteiger partial charge in [-0.2, -0.15) is 0 Å². The Kier molecular flexibility index (Phi) is 4.34. The zero-order valence-corrected chi connectivity index (χ0v) is 13.6. The van der Waals surface area contributed by atoms with Crippen LogP contribution < -0.4 is 0 Å². The van der Waals surface area contributed by atoms with Crippen LogP contribution in [0, 0.1) is 23.7 Å². The second kappa shape index (κ2) is 6.24. The molecule has 3 rings (SSSR count). The van der Waals surface area contributed by atoms with Crippen molar-refractivity contribution in [3.63, 3.8) is 0 Å². The molecule has 0 amide bonds. The van der Waals surface area contributed by atoms with Gasteiger partial charge in [-0.1, -0.05) is 19.1 Å². The van der Waals surface area contributed by atoms with E-state index < -0.39 is 0 Å². The quantitative estimate of drug-likeness (QED) is 0.629. The minimum absolute atomic E-state index is 0.0127. The van der Waals surface area contributed by atoms with Crippen LogP contribution in [0.25, 0.3) is 0 Å². The fourth-order valence-corrected chi connectivity index (χ4v) is 3.86. The van der Waals surface area contributed by atoms with Gasteiger partial charge in [0.15, 0.2) is 0 Å². The molecular formula is C17H25N3O2. The lowest BCUT2D eigenvalue weighted by molar-refractivity contribution is -0.152. The smallest absolute Gasteiger partial charge is 0.309 e. The zero-order valence-electron chi connectivity index (χ0n) is 13.6. The Morgan fingerprint density at radius 3 is 2.91 bits per heavy atom. The Bertz CT molecular complexity index is 566. The molecule has 0 N–H and O–H groups in total. The van der Waals surface area contributed by atoms with Gasteiger partial charge in [-0.3, -0.25) is 9.69 Å². The van der Waals surface area contributed by atoms with Crippen LogP contribution in [0.1, 0.15) is 19.7 Å². The summed E-state index contributed by atoms with van der Waals surface area (Å²) in [7, 11) is 2.02. The average Bonchev–Trinajstić information content (AvgIpc) is 3.06. The molecule has 5 heteroatoms. The Morgan fingerprint density at radius 1 is 1.41 bits per heavy atom. The van der Waals surface area contributed by atoms with Gasteiger partial charge in [-0.05, 0) is 24.7 Å².